The molecule has 0 fully saturated rings. The van der Waals surface area contributed by atoms with Crippen molar-refractivity contribution in [3.63, 3.8) is 0 Å². The van der Waals surface area contributed by atoms with Gasteiger partial charge in [0.25, 0.3) is 0 Å². The van der Waals surface area contributed by atoms with Crippen LogP contribution >= 0.6 is 7.67 Å². The van der Waals surface area contributed by atoms with E-state index in [2.05, 4.69) is 25.1 Å². The van der Waals surface area contributed by atoms with Crippen LogP contribution in [-0.2, 0) is 32.9 Å². The van der Waals surface area contributed by atoms with Crippen molar-refractivity contribution < 1.29 is 47.8 Å². The summed E-state index contributed by atoms with van der Waals surface area (Å²) < 4.78 is 43.8. The number of fused-ring (bicyclic) bond motifs is 1. The molecule has 2 aromatic heterocycles. The summed E-state index contributed by atoms with van der Waals surface area (Å²) in [6.45, 7) is 12.2. The van der Waals surface area contributed by atoms with Gasteiger partial charge in [-0.2, -0.15) is 9.97 Å². The molecule has 3 heterocycles. The standard InChI is InChI=1S/C30H50N7O10P/c1-9-11-44-26(39)19(13-17(3)4)35-48(42,36-20(14-18(5)6)27(40)45-12-10-2)46-15-21-23(38)30(7,41)28(47-21)37-16-32-22-24(37)33-29(31)34-25(22)43-8/h16-20,28,38,41H,9-15H2,1-8H3,(H2,31,33,34)(H2,35,36,42)/t19-,20-,28+,30?/m0/s1. The second-order valence-electron chi connectivity index (χ2n) is 12.6. The number of hydrogen-bond donors (Lipinski definition) is 5. The highest BCUT2D eigenvalue weighted by atomic mass is 31.2. The predicted octanol–water partition coefficient (Wildman–Crippen LogP) is 3.51. The lowest BCUT2D eigenvalue weighted by Gasteiger charge is -2.29. The fraction of sp³-hybridized carbons (Fsp3) is 0.700. The molecule has 4 atom stereocenters. The van der Waals surface area contributed by atoms with Crippen LogP contribution in [0.4, 0.5) is 5.95 Å². The number of nitrogens with one attached hydrogen (secondary N) is 2. The van der Waals surface area contributed by atoms with E-state index < -0.39 is 55.9 Å². The minimum absolute atomic E-state index is 0.0200. The molecular formula is C30H50N7O10P. The molecule has 17 nitrogen and oxygen atoms in total. The van der Waals surface area contributed by atoms with Crippen LogP contribution in [0.5, 0.6) is 5.88 Å². The average Bonchev–Trinajstić information content (AvgIpc) is 3.52. The Labute approximate surface area is 280 Å². The van der Waals surface area contributed by atoms with Crippen molar-refractivity contribution in [3.8, 4) is 5.88 Å². The second kappa shape index (κ2) is 16.7. The Kier molecular flexibility index (Phi) is 13.6. The third-order valence-corrected chi connectivity index (χ3v) is 9.04. The zero-order chi connectivity index (χ0) is 35.8. The number of imidazole rings is 1. The van der Waals surface area contributed by atoms with Gasteiger partial charge in [0.15, 0.2) is 28.3 Å². The Bertz CT molecular complexity index is 1460. The van der Waals surface area contributed by atoms with Gasteiger partial charge in [-0.25, -0.2) is 15.2 Å². The molecule has 0 aliphatic carbocycles. The Morgan fingerprint density at radius 1 is 1.06 bits per heavy atom. The van der Waals surface area contributed by atoms with E-state index in [0.29, 0.717) is 12.8 Å². The summed E-state index contributed by atoms with van der Waals surface area (Å²) in [5.41, 5.74) is 4.18. The first kappa shape index (κ1) is 38.9. The van der Waals surface area contributed by atoms with Crippen LogP contribution in [0.25, 0.3) is 11.2 Å². The molecule has 2 aromatic rings. The number of aromatic nitrogens is 4. The number of ether oxygens (including phenoxy) is 4. The fourth-order valence-corrected chi connectivity index (χ4v) is 6.74. The number of aliphatic hydroxyl groups is 2. The molecule has 3 rings (SSSR count). The van der Waals surface area contributed by atoms with E-state index in [-0.39, 0.29) is 66.6 Å². The van der Waals surface area contributed by atoms with Gasteiger partial charge < -0.3 is 34.9 Å². The van der Waals surface area contributed by atoms with Gasteiger partial charge in [-0.1, -0.05) is 41.5 Å². The summed E-state index contributed by atoms with van der Waals surface area (Å²) in [6.07, 6.45) is 1.61. The van der Waals surface area contributed by atoms with E-state index in [0.717, 1.165) is 0 Å². The smallest absolute Gasteiger partial charge is 0.342 e. The third-order valence-electron chi connectivity index (χ3n) is 7.24. The van der Waals surface area contributed by atoms with Gasteiger partial charge >= 0.3 is 19.6 Å². The number of nitrogens with zero attached hydrogens (tertiary/aromatic N) is 4. The zero-order valence-corrected chi connectivity index (χ0v) is 29.8. The van der Waals surface area contributed by atoms with Gasteiger partial charge in [0, 0.05) is 0 Å². The summed E-state index contributed by atoms with van der Waals surface area (Å²) in [4.78, 5) is 38.6. The molecule has 270 valence electrons. The fourth-order valence-electron chi connectivity index (χ4n) is 4.98. The summed E-state index contributed by atoms with van der Waals surface area (Å²) in [6, 6.07) is -2.16. The SMILES string of the molecule is CCCOC(=O)[C@H](CC(C)C)NP(=O)(N[C@@H](CC(C)C)C(=O)OCCC)OCC1=C(O)C(C)(O)[C@H](n2cnc3c(OC)nc(N)nc32)O1. The van der Waals surface area contributed by atoms with E-state index in [1.165, 1.54) is 24.9 Å². The summed E-state index contributed by atoms with van der Waals surface area (Å²) in [5.74, 6) is -2.24. The van der Waals surface area contributed by atoms with Crippen LogP contribution in [0.1, 0.15) is 80.4 Å². The molecule has 0 aromatic carbocycles. The number of nitrogen functional groups attached to an aromatic ring is 1. The van der Waals surface area contributed by atoms with Crippen molar-refractivity contribution in [2.45, 2.75) is 98.1 Å². The Morgan fingerprint density at radius 2 is 1.60 bits per heavy atom. The molecule has 0 bridgehead atoms. The molecule has 0 radical (unpaired) electrons. The number of carbonyl (C=O) groups excluding carboxylic acids is 2. The molecule has 1 unspecified atom stereocenters. The van der Waals surface area contributed by atoms with Gasteiger partial charge in [0.1, 0.15) is 25.0 Å². The van der Waals surface area contributed by atoms with Crippen LogP contribution in [0, 0.1) is 11.8 Å². The molecule has 0 saturated heterocycles. The number of nitrogens with two attached hydrogens (primary N) is 1. The van der Waals surface area contributed by atoms with Crippen molar-refractivity contribution in [2.24, 2.45) is 11.8 Å². The highest BCUT2D eigenvalue weighted by molar-refractivity contribution is 7.54. The first-order valence-electron chi connectivity index (χ1n) is 16.1. The van der Waals surface area contributed by atoms with Gasteiger partial charge in [0.2, 0.25) is 18.1 Å². The Morgan fingerprint density at radius 3 is 2.08 bits per heavy atom. The highest BCUT2D eigenvalue weighted by Crippen LogP contribution is 2.46. The molecule has 18 heteroatoms. The quantitative estimate of drug-likeness (QED) is 0.104. The van der Waals surface area contributed by atoms with Gasteiger partial charge in [-0.05, 0) is 44.4 Å². The number of anilines is 1. The number of aliphatic hydroxyl groups excluding tert-OH is 1. The van der Waals surface area contributed by atoms with E-state index >= 15 is 0 Å². The third kappa shape index (κ3) is 9.56. The van der Waals surface area contributed by atoms with Crippen molar-refractivity contribution in [1.29, 1.82) is 0 Å². The van der Waals surface area contributed by atoms with Crippen LogP contribution in [0.3, 0.4) is 0 Å². The minimum Gasteiger partial charge on any atom is -0.506 e. The maximum absolute atomic E-state index is 14.6. The largest absolute Gasteiger partial charge is 0.506 e. The molecule has 0 saturated carbocycles. The van der Waals surface area contributed by atoms with Crippen molar-refractivity contribution >= 4 is 36.7 Å². The first-order valence-corrected chi connectivity index (χ1v) is 17.7. The number of esters is 2. The van der Waals surface area contributed by atoms with E-state index in [1.807, 2.05) is 41.5 Å². The Balaban J connectivity index is 1.97. The van der Waals surface area contributed by atoms with Crippen LogP contribution in [0.2, 0.25) is 0 Å². The molecule has 1 aliphatic rings. The maximum Gasteiger partial charge on any atom is 0.342 e. The molecule has 0 spiro atoms. The summed E-state index contributed by atoms with van der Waals surface area (Å²) >= 11 is 0. The normalized spacial score (nSPS) is 19.5. The van der Waals surface area contributed by atoms with Gasteiger partial charge in [0.05, 0.1) is 20.3 Å². The Hall–Kier alpha value is -3.50. The second-order valence-corrected chi connectivity index (χ2v) is 14.5. The topological polar surface area (TPSA) is 232 Å². The zero-order valence-electron chi connectivity index (χ0n) is 28.9. The molecule has 48 heavy (non-hydrogen) atoms. The lowest BCUT2D eigenvalue weighted by atomic mass is 10.0. The van der Waals surface area contributed by atoms with Crippen LogP contribution in [0.15, 0.2) is 17.8 Å². The van der Waals surface area contributed by atoms with Gasteiger partial charge in [-0.3, -0.25) is 23.2 Å². The average molecular weight is 700 g/mol. The number of rotatable bonds is 19. The predicted molar refractivity (Wildman–Crippen MR) is 176 cm³/mol. The van der Waals surface area contributed by atoms with Crippen molar-refractivity contribution in [2.75, 3.05) is 32.7 Å². The number of carbonyl (C=O) groups is 2. The number of hydrogen-bond acceptors (Lipinski definition) is 14. The molecule has 0 amide bonds. The minimum atomic E-state index is -4.35. The van der Waals surface area contributed by atoms with E-state index in [1.54, 1.807) is 0 Å². The maximum atomic E-state index is 14.6. The monoisotopic (exact) mass is 699 g/mol. The molecular weight excluding hydrogens is 649 g/mol. The molecule has 6 N–H and O–H groups in total. The summed E-state index contributed by atoms with van der Waals surface area (Å²) in [5, 5.41) is 28.1. The highest BCUT2D eigenvalue weighted by Gasteiger charge is 2.49. The lowest BCUT2D eigenvalue weighted by molar-refractivity contribution is -0.146. The number of methoxy groups -OCH3 is 1. The lowest BCUT2D eigenvalue weighted by Crippen LogP contribution is -2.45. The van der Waals surface area contributed by atoms with E-state index in [9.17, 15) is 24.4 Å². The first-order chi connectivity index (χ1) is 22.6. The summed E-state index contributed by atoms with van der Waals surface area (Å²) in [7, 11) is -2.97. The van der Waals surface area contributed by atoms with E-state index in [4.69, 9.17) is 29.2 Å². The van der Waals surface area contributed by atoms with Crippen LogP contribution in [-0.4, -0.2) is 86.3 Å². The van der Waals surface area contributed by atoms with Gasteiger partial charge in [-0.15, -0.1) is 0 Å². The van der Waals surface area contributed by atoms with Crippen molar-refractivity contribution in [1.82, 2.24) is 29.7 Å². The molecule has 1 aliphatic heterocycles. The van der Waals surface area contributed by atoms with Crippen molar-refractivity contribution in [3.05, 3.63) is 17.8 Å². The van der Waals surface area contributed by atoms with Crippen LogP contribution < -0.4 is 20.6 Å².